The van der Waals surface area contributed by atoms with Crippen molar-refractivity contribution >= 4 is 5.78 Å². The fourth-order valence-corrected chi connectivity index (χ4v) is 1.49. The van der Waals surface area contributed by atoms with Gasteiger partial charge < -0.3 is 0 Å². The van der Waals surface area contributed by atoms with Crippen molar-refractivity contribution in [3.05, 3.63) is 23.8 Å². The van der Waals surface area contributed by atoms with Crippen LogP contribution in [0, 0.1) is 17.8 Å². The molecule has 0 N–H and O–H groups in total. The van der Waals surface area contributed by atoms with Crippen LogP contribution in [0.15, 0.2) is 23.8 Å². The quantitative estimate of drug-likeness (QED) is 0.272. The molecule has 0 saturated heterocycles. The molecule has 0 fully saturated rings. The SMILES string of the molecule is CC#CC(=O)/C=C(\C)[C@@H]1C=CCC1. The van der Waals surface area contributed by atoms with Gasteiger partial charge in [-0.05, 0) is 44.6 Å². The van der Waals surface area contributed by atoms with Crippen LogP contribution in [0.3, 0.4) is 0 Å². The highest BCUT2D eigenvalue weighted by atomic mass is 16.1. The Morgan fingerprint density at radius 1 is 1.62 bits per heavy atom. The molecule has 0 unspecified atom stereocenters. The summed E-state index contributed by atoms with van der Waals surface area (Å²) < 4.78 is 0. The van der Waals surface area contributed by atoms with Gasteiger partial charge in [0.05, 0.1) is 0 Å². The Labute approximate surface area is 79.5 Å². The van der Waals surface area contributed by atoms with Crippen LogP contribution in [-0.2, 0) is 4.79 Å². The smallest absolute Gasteiger partial charge is 0.228 e. The fraction of sp³-hybridized carbons (Fsp3) is 0.417. The summed E-state index contributed by atoms with van der Waals surface area (Å²) in [6, 6.07) is 0. The molecule has 13 heavy (non-hydrogen) atoms. The Morgan fingerprint density at radius 2 is 2.38 bits per heavy atom. The average molecular weight is 174 g/mol. The molecular weight excluding hydrogens is 160 g/mol. The van der Waals surface area contributed by atoms with Crippen LogP contribution < -0.4 is 0 Å². The highest BCUT2D eigenvalue weighted by Crippen LogP contribution is 2.24. The normalized spacial score (nSPS) is 21.1. The van der Waals surface area contributed by atoms with Crippen LogP contribution >= 0.6 is 0 Å². The summed E-state index contributed by atoms with van der Waals surface area (Å²) in [6.07, 6.45) is 8.24. The average Bonchev–Trinajstić information content (AvgIpc) is 2.55. The van der Waals surface area contributed by atoms with Crippen LogP contribution in [0.1, 0.15) is 26.7 Å². The second kappa shape index (κ2) is 4.67. The van der Waals surface area contributed by atoms with Crippen LogP contribution in [0.4, 0.5) is 0 Å². The summed E-state index contributed by atoms with van der Waals surface area (Å²) in [4.78, 5) is 11.1. The van der Waals surface area contributed by atoms with Crippen LogP contribution in [0.2, 0.25) is 0 Å². The molecule has 68 valence electrons. The highest BCUT2D eigenvalue weighted by molar-refractivity contribution is 6.04. The monoisotopic (exact) mass is 174 g/mol. The third-order valence-corrected chi connectivity index (χ3v) is 2.20. The van der Waals surface area contributed by atoms with E-state index in [2.05, 4.69) is 24.0 Å². The van der Waals surface area contributed by atoms with Crippen molar-refractivity contribution in [3.63, 3.8) is 0 Å². The topological polar surface area (TPSA) is 17.1 Å². The maximum Gasteiger partial charge on any atom is 0.228 e. The molecule has 0 amide bonds. The molecule has 1 nitrogen and oxygen atoms in total. The maximum absolute atomic E-state index is 11.1. The van der Waals surface area contributed by atoms with Gasteiger partial charge in [-0.2, -0.15) is 0 Å². The summed E-state index contributed by atoms with van der Waals surface area (Å²) in [5, 5.41) is 0. The van der Waals surface area contributed by atoms with E-state index in [4.69, 9.17) is 0 Å². The van der Waals surface area contributed by atoms with E-state index in [1.165, 1.54) is 0 Å². The van der Waals surface area contributed by atoms with E-state index in [1.807, 2.05) is 6.92 Å². The molecule has 0 aliphatic heterocycles. The van der Waals surface area contributed by atoms with E-state index in [-0.39, 0.29) is 5.78 Å². The molecule has 0 aromatic rings. The van der Waals surface area contributed by atoms with Gasteiger partial charge in [-0.15, -0.1) is 0 Å². The summed E-state index contributed by atoms with van der Waals surface area (Å²) in [5.74, 6) is 5.49. The lowest BCUT2D eigenvalue weighted by Gasteiger charge is -2.05. The van der Waals surface area contributed by atoms with Crippen molar-refractivity contribution in [1.29, 1.82) is 0 Å². The molecule has 1 rings (SSSR count). The largest absolute Gasteiger partial charge is 0.280 e. The lowest BCUT2D eigenvalue weighted by molar-refractivity contribution is -0.109. The molecule has 0 bridgehead atoms. The Kier molecular flexibility index (Phi) is 3.52. The first-order valence-corrected chi connectivity index (χ1v) is 4.55. The molecule has 1 atom stereocenters. The van der Waals surface area contributed by atoms with Crippen molar-refractivity contribution in [2.24, 2.45) is 5.92 Å². The minimum atomic E-state index is -0.0831. The highest BCUT2D eigenvalue weighted by Gasteiger charge is 2.11. The zero-order chi connectivity index (χ0) is 9.68. The Hall–Kier alpha value is -1.29. The van der Waals surface area contributed by atoms with Gasteiger partial charge in [0.2, 0.25) is 5.78 Å². The van der Waals surface area contributed by atoms with Crippen molar-refractivity contribution in [2.45, 2.75) is 26.7 Å². The third-order valence-electron chi connectivity index (χ3n) is 2.20. The minimum absolute atomic E-state index is 0.0831. The predicted molar refractivity (Wildman–Crippen MR) is 54.1 cm³/mol. The van der Waals surface area contributed by atoms with Gasteiger partial charge in [-0.1, -0.05) is 23.6 Å². The number of ketones is 1. The first-order chi connectivity index (χ1) is 6.24. The number of rotatable bonds is 2. The zero-order valence-corrected chi connectivity index (χ0v) is 8.13. The van der Waals surface area contributed by atoms with Crippen molar-refractivity contribution in [2.75, 3.05) is 0 Å². The molecule has 0 aromatic carbocycles. The van der Waals surface area contributed by atoms with E-state index in [0.29, 0.717) is 5.92 Å². The second-order valence-corrected chi connectivity index (χ2v) is 3.24. The Bertz CT molecular complexity index is 310. The molecule has 0 spiro atoms. The number of carbonyl (C=O) groups is 1. The minimum Gasteiger partial charge on any atom is -0.280 e. The Morgan fingerprint density at radius 3 is 2.92 bits per heavy atom. The second-order valence-electron chi connectivity index (χ2n) is 3.24. The summed E-state index contributed by atoms with van der Waals surface area (Å²) >= 11 is 0. The van der Waals surface area contributed by atoms with Gasteiger partial charge >= 0.3 is 0 Å². The molecule has 1 aliphatic carbocycles. The summed E-state index contributed by atoms with van der Waals surface area (Å²) in [7, 11) is 0. The third kappa shape index (κ3) is 2.91. The number of hydrogen-bond acceptors (Lipinski definition) is 1. The van der Waals surface area contributed by atoms with Crippen LogP contribution in [0.25, 0.3) is 0 Å². The predicted octanol–water partition coefficient (Wildman–Crippen LogP) is 2.49. The molecule has 1 aliphatic rings. The number of carbonyl (C=O) groups excluding carboxylic acids is 1. The van der Waals surface area contributed by atoms with E-state index < -0.39 is 0 Å². The molecule has 0 heterocycles. The molecule has 1 heteroatoms. The van der Waals surface area contributed by atoms with E-state index in [0.717, 1.165) is 18.4 Å². The van der Waals surface area contributed by atoms with Gasteiger partial charge in [-0.3, -0.25) is 4.79 Å². The van der Waals surface area contributed by atoms with Gasteiger partial charge in [0.15, 0.2) is 0 Å². The van der Waals surface area contributed by atoms with Gasteiger partial charge in [-0.25, -0.2) is 0 Å². The van der Waals surface area contributed by atoms with Crippen LogP contribution in [0.5, 0.6) is 0 Å². The molecule has 0 saturated carbocycles. The molecule has 0 aromatic heterocycles. The Balaban J connectivity index is 2.63. The first kappa shape index (κ1) is 9.80. The maximum atomic E-state index is 11.1. The summed E-state index contributed by atoms with van der Waals surface area (Å²) in [6.45, 7) is 3.67. The van der Waals surface area contributed by atoms with Crippen molar-refractivity contribution in [1.82, 2.24) is 0 Å². The van der Waals surface area contributed by atoms with E-state index in [9.17, 15) is 4.79 Å². The van der Waals surface area contributed by atoms with Crippen molar-refractivity contribution in [3.8, 4) is 11.8 Å². The lowest BCUT2D eigenvalue weighted by Crippen LogP contribution is -1.97. The van der Waals surface area contributed by atoms with Crippen LogP contribution in [-0.4, -0.2) is 5.78 Å². The molecule has 0 radical (unpaired) electrons. The van der Waals surface area contributed by atoms with E-state index >= 15 is 0 Å². The lowest BCUT2D eigenvalue weighted by atomic mass is 9.99. The number of hydrogen-bond donors (Lipinski definition) is 0. The van der Waals surface area contributed by atoms with Gasteiger partial charge in [0, 0.05) is 0 Å². The van der Waals surface area contributed by atoms with Crippen molar-refractivity contribution < 1.29 is 4.79 Å². The van der Waals surface area contributed by atoms with Gasteiger partial charge in [0.1, 0.15) is 0 Å². The fourth-order valence-electron chi connectivity index (χ4n) is 1.49. The van der Waals surface area contributed by atoms with E-state index in [1.54, 1.807) is 13.0 Å². The standard InChI is InChI=1S/C12H14O/c1-3-6-12(13)9-10(2)11-7-4-5-8-11/h4,7,9,11H,5,8H2,1-2H3/b10-9+/t11-/m1/s1. The number of allylic oxidation sites excluding steroid dienone is 4. The first-order valence-electron chi connectivity index (χ1n) is 4.55. The molecular formula is C12H14O. The van der Waals surface area contributed by atoms with Gasteiger partial charge in [0.25, 0.3) is 0 Å². The summed E-state index contributed by atoms with van der Waals surface area (Å²) in [5.41, 5.74) is 1.13. The zero-order valence-electron chi connectivity index (χ0n) is 8.13.